The summed E-state index contributed by atoms with van der Waals surface area (Å²) in [6.07, 6.45) is 4.14. The average Bonchev–Trinajstić information content (AvgIpc) is 3.34. The van der Waals surface area contributed by atoms with Crippen molar-refractivity contribution in [1.29, 1.82) is 0 Å². The molecule has 1 spiro atoms. The molecule has 2 heterocycles. The predicted octanol–water partition coefficient (Wildman–Crippen LogP) is 2.72. The van der Waals surface area contributed by atoms with Crippen LogP contribution in [0.5, 0.6) is 0 Å². The number of halogens is 2. The first-order valence-corrected chi connectivity index (χ1v) is 8.96. The third-order valence-electron chi connectivity index (χ3n) is 5.76. The maximum Gasteiger partial charge on any atom is 0.225 e. The fourth-order valence-corrected chi connectivity index (χ4v) is 4.17. The normalized spacial score (nSPS) is 22.7. The van der Waals surface area contributed by atoms with Gasteiger partial charge in [-0.15, -0.1) is 0 Å². The van der Waals surface area contributed by atoms with E-state index in [1.165, 1.54) is 12.1 Å². The minimum Gasteiger partial charge on any atom is -0.342 e. The first kappa shape index (κ1) is 16.5. The second-order valence-electron chi connectivity index (χ2n) is 7.80. The Morgan fingerprint density at radius 2 is 1.76 bits per heavy atom. The number of amides is 2. The van der Waals surface area contributed by atoms with E-state index in [0.29, 0.717) is 31.6 Å². The van der Waals surface area contributed by atoms with E-state index in [0.717, 1.165) is 31.7 Å². The predicted molar refractivity (Wildman–Crippen MR) is 87.4 cm³/mol. The second kappa shape index (κ2) is 6.07. The van der Waals surface area contributed by atoms with Crippen LogP contribution in [0.2, 0.25) is 0 Å². The molecule has 3 aliphatic rings. The number of piperidine rings is 1. The molecule has 2 aliphatic heterocycles. The van der Waals surface area contributed by atoms with Crippen LogP contribution in [0.15, 0.2) is 18.2 Å². The van der Waals surface area contributed by atoms with E-state index in [9.17, 15) is 18.4 Å². The highest BCUT2D eigenvalue weighted by atomic mass is 19.1. The Morgan fingerprint density at radius 3 is 2.36 bits per heavy atom. The van der Waals surface area contributed by atoms with Gasteiger partial charge in [0, 0.05) is 50.0 Å². The lowest BCUT2D eigenvalue weighted by molar-refractivity contribution is -0.134. The van der Waals surface area contributed by atoms with Crippen molar-refractivity contribution in [2.75, 3.05) is 19.6 Å². The summed E-state index contributed by atoms with van der Waals surface area (Å²) in [5, 5.41) is 0. The van der Waals surface area contributed by atoms with Gasteiger partial charge in [-0.2, -0.15) is 0 Å². The third-order valence-corrected chi connectivity index (χ3v) is 5.76. The zero-order chi connectivity index (χ0) is 17.6. The van der Waals surface area contributed by atoms with Gasteiger partial charge in [0.05, 0.1) is 0 Å². The Kier molecular flexibility index (Phi) is 4.01. The highest BCUT2D eigenvalue weighted by Gasteiger charge is 2.46. The summed E-state index contributed by atoms with van der Waals surface area (Å²) in [6.45, 7) is 2.27. The first-order valence-electron chi connectivity index (χ1n) is 8.96. The summed E-state index contributed by atoms with van der Waals surface area (Å²) < 4.78 is 26.7. The van der Waals surface area contributed by atoms with Gasteiger partial charge in [0.2, 0.25) is 11.8 Å². The standard InChI is InChI=1S/C19H22F2N2O2/c20-15-7-13(8-16(21)9-15)11-23-12-19(10-17(23)24)3-5-22(6-4-19)18(25)14-1-2-14/h7-9,14H,1-6,10-12H2. The number of carbonyl (C=O) groups is 2. The van der Waals surface area contributed by atoms with E-state index >= 15 is 0 Å². The van der Waals surface area contributed by atoms with E-state index in [2.05, 4.69) is 0 Å². The van der Waals surface area contributed by atoms with Crippen molar-refractivity contribution in [3.8, 4) is 0 Å². The van der Waals surface area contributed by atoms with Crippen LogP contribution in [0.1, 0.15) is 37.7 Å². The molecule has 25 heavy (non-hydrogen) atoms. The molecule has 0 N–H and O–H groups in total. The maximum absolute atomic E-state index is 13.4. The number of carbonyl (C=O) groups excluding carboxylic acids is 2. The van der Waals surface area contributed by atoms with Crippen molar-refractivity contribution in [2.24, 2.45) is 11.3 Å². The molecular weight excluding hydrogens is 326 g/mol. The van der Waals surface area contributed by atoms with E-state index in [-0.39, 0.29) is 29.7 Å². The van der Waals surface area contributed by atoms with Gasteiger partial charge in [-0.1, -0.05) is 0 Å². The highest BCUT2D eigenvalue weighted by Crippen LogP contribution is 2.42. The molecule has 1 aliphatic carbocycles. The number of likely N-dealkylation sites (tertiary alicyclic amines) is 2. The molecule has 0 atom stereocenters. The number of hydrogen-bond donors (Lipinski definition) is 0. The summed E-state index contributed by atoms with van der Waals surface area (Å²) >= 11 is 0. The molecule has 2 saturated heterocycles. The lowest BCUT2D eigenvalue weighted by Crippen LogP contribution is -2.44. The van der Waals surface area contributed by atoms with Crippen molar-refractivity contribution >= 4 is 11.8 Å². The van der Waals surface area contributed by atoms with E-state index in [1.807, 2.05) is 4.90 Å². The van der Waals surface area contributed by atoms with Crippen LogP contribution in [-0.2, 0) is 16.1 Å². The van der Waals surface area contributed by atoms with Crippen molar-refractivity contribution in [3.05, 3.63) is 35.4 Å². The lowest BCUT2D eigenvalue weighted by atomic mass is 9.77. The first-order chi connectivity index (χ1) is 11.9. The minimum atomic E-state index is -0.622. The molecule has 1 saturated carbocycles. The molecule has 4 rings (SSSR count). The Morgan fingerprint density at radius 1 is 1.12 bits per heavy atom. The van der Waals surface area contributed by atoms with E-state index < -0.39 is 11.6 Å². The Bertz CT molecular complexity index is 689. The van der Waals surface area contributed by atoms with E-state index in [1.54, 1.807) is 4.90 Å². The molecule has 1 aromatic carbocycles. The Hall–Kier alpha value is -1.98. The highest BCUT2D eigenvalue weighted by molar-refractivity contribution is 5.82. The van der Waals surface area contributed by atoms with Crippen molar-refractivity contribution in [2.45, 2.75) is 38.6 Å². The molecule has 0 aromatic heterocycles. The molecule has 0 bridgehead atoms. The van der Waals surface area contributed by atoms with Gasteiger partial charge in [-0.05, 0) is 43.4 Å². The van der Waals surface area contributed by atoms with Gasteiger partial charge in [0.1, 0.15) is 11.6 Å². The van der Waals surface area contributed by atoms with Gasteiger partial charge in [0.25, 0.3) is 0 Å². The lowest BCUT2D eigenvalue weighted by Gasteiger charge is -2.39. The number of nitrogens with zero attached hydrogens (tertiary/aromatic N) is 2. The Balaban J connectivity index is 1.39. The van der Waals surface area contributed by atoms with Crippen molar-refractivity contribution < 1.29 is 18.4 Å². The van der Waals surface area contributed by atoms with Crippen LogP contribution in [0, 0.1) is 23.0 Å². The second-order valence-corrected chi connectivity index (χ2v) is 7.80. The fraction of sp³-hybridized carbons (Fsp3) is 0.579. The summed E-state index contributed by atoms with van der Waals surface area (Å²) in [6, 6.07) is 3.39. The Labute approximate surface area is 145 Å². The van der Waals surface area contributed by atoms with Crippen LogP contribution in [0.25, 0.3) is 0 Å². The molecule has 4 nitrogen and oxygen atoms in total. The fourth-order valence-electron chi connectivity index (χ4n) is 4.17. The third kappa shape index (κ3) is 3.39. The van der Waals surface area contributed by atoms with Gasteiger partial charge < -0.3 is 9.80 Å². The average molecular weight is 348 g/mol. The molecule has 0 radical (unpaired) electrons. The zero-order valence-corrected chi connectivity index (χ0v) is 14.1. The molecule has 1 aromatic rings. The van der Waals surface area contributed by atoms with Crippen LogP contribution in [0.3, 0.4) is 0 Å². The monoisotopic (exact) mass is 348 g/mol. The molecule has 6 heteroatoms. The molecular formula is C19H22F2N2O2. The smallest absolute Gasteiger partial charge is 0.225 e. The van der Waals surface area contributed by atoms with Crippen LogP contribution < -0.4 is 0 Å². The van der Waals surface area contributed by atoms with Gasteiger partial charge in [-0.25, -0.2) is 8.78 Å². The van der Waals surface area contributed by atoms with E-state index in [4.69, 9.17) is 0 Å². The molecule has 134 valence electrons. The maximum atomic E-state index is 13.4. The van der Waals surface area contributed by atoms with Gasteiger partial charge in [-0.3, -0.25) is 9.59 Å². The van der Waals surface area contributed by atoms with Crippen molar-refractivity contribution in [1.82, 2.24) is 9.80 Å². The molecule has 0 unspecified atom stereocenters. The van der Waals surface area contributed by atoms with Gasteiger partial charge in [0.15, 0.2) is 0 Å². The zero-order valence-electron chi connectivity index (χ0n) is 14.1. The summed E-state index contributed by atoms with van der Waals surface area (Å²) in [7, 11) is 0. The van der Waals surface area contributed by atoms with Crippen molar-refractivity contribution in [3.63, 3.8) is 0 Å². The SMILES string of the molecule is O=C1CC2(CCN(C(=O)C3CC3)CC2)CN1Cc1cc(F)cc(F)c1. The quantitative estimate of drug-likeness (QED) is 0.843. The summed E-state index contributed by atoms with van der Waals surface area (Å²) in [5.41, 5.74) is 0.382. The summed E-state index contributed by atoms with van der Waals surface area (Å²) in [4.78, 5) is 28.2. The largest absolute Gasteiger partial charge is 0.342 e. The number of rotatable bonds is 3. The summed E-state index contributed by atoms with van der Waals surface area (Å²) in [5.74, 6) is -0.706. The van der Waals surface area contributed by atoms with Gasteiger partial charge >= 0.3 is 0 Å². The topological polar surface area (TPSA) is 40.6 Å². The number of benzene rings is 1. The molecule has 2 amide bonds. The number of hydrogen-bond acceptors (Lipinski definition) is 2. The van der Waals surface area contributed by atoms with Crippen LogP contribution in [0.4, 0.5) is 8.78 Å². The van der Waals surface area contributed by atoms with Crippen LogP contribution >= 0.6 is 0 Å². The molecule has 3 fully saturated rings. The van der Waals surface area contributed by atoms with Crippen LogP contribution in [-0.4, -0.2) is 41.2 Å². The minimum absolute atomic E-state index is 0.0339.